The van der Waals surface area contributed by atoms with E-state index in [1.165, 1.54) is 11.8 Å². The predicted molar refractivity (Wildman–Crippen MR) is 50.6 cm³/mol. The summed E-state index contributed by atoms with van der Waals surface area (Å²) in [5.74, 6) is -0.765. The smallest absolute Gasteiger partial charge is 0.148 e. The Hall–Kier alpha value is -0.640. The van der Waals surface area contributed by atoms with Crippen LogP contribution in [-0.2, 0) is 5.75 Å². The quantitative estimate of drug-likeness (QED) is 0.749. The van der Waals surface area contributed by atoms with Gasteiger partial charge >= 0.3 is 0 Å². The molecule has 0 saturated heterocycles. The number of nitrogens with zero attached hydrogens (tertiary/aromatic N) is 1. The fourth-order valence-electron chi connectivity index (χ4n) is 0.826. The maximum Gasteiger partial charge on any atom is 0.148 e. The van der Waals surface area contributed by atoms with E-state index < -0.39 is 11.6 Å². The monoisotopic (exact) mass is 203 g/mol. The van der Waals surface area contributed by atoms with Gasteiger partial charge in [-0.25, -0.2) is 8.78 Å². The van der Waals surface area contributed by atoms with Crippen LogP contribution in [0.2, 0.25) is 0 Å². The summed E-state index contributed by atoms with van der Waals surface area (Å²) in [4.78, 5) is 3.41. The summed E-state index contributed by atoms with van der Waals surface area (Å²) in [5.41, 5.74) is 0.119. The van der Waals surface area contributed by atoms with Gasteiger partial charge in [0.05, 0.1) is 12.4 Å². The van der Waals surface area contributed by atoms with E-state index in [0.29, 0.717) is 11.0 Å². The van der Waals surface area contributed by atoms with Crippen molar-refractivity contribution in [2.24, 2.45) is 0 Å². The molecule has 0 spiro atoms. The van der Waals surface area contributed by atoms with Crippen molar-refractivity contribution in [3.63, 3.8) is 0 Å². The van der Waals surface area contributed by atoms with Crippen LogP contribution in [-0.4, -0.2) is 10.2 Å². The fraction of sp³-hybridized carbons (Fsp3) is 0.444. The summed E-state index contributed by atoms with van der Waals surface area (Å²) >= 11 is 1.50. The highest BCUT2D eigenvalue weighted by Gasteiger charge is 2.09. The first-order chi connectivity index (χ1) is 6.11. The van der Waals surface area contributed by atoms with Crippen LogP contribution in [0.3, 0.4) is 0 Å². The molecule has 0 saturated carbocycles. The molecule has 0 aromatic carbocycles. The Morgan fingerprint density at radius 3 is 2.31 bits per heavy atom. The standard InChI is InChI=1S/C9H11F2NS/c1-6(2)13-5-7-8(10)3-12-4-9(7)11/h3-4,6H,5H2,1-2H3. The molecule has 0 bridgehead atoms. The van der Waals surface area contributed by atoms with Gasteiger partial charge in [-0.05, 0) is 5.25 Å². The highest BCUT2D eigenvalue weighted by atomic mass is 32.2. The average Bonchev–Trinajstić information content (AvgIpc) is 2.03. The van der Waals surface area contributed by atoms with Crippen molar-refractivity contribution in [2.45, 2.75) is 24.9 Å². The summed E-state index contributed by atoms with van der Waals surface area (Å²) in [6.45, 7) is 3.98. The van der Waals surface area contributed by atoms with Crippen LogP contribution in [0.15, 0.2) is 12.4 Å². The average molecular weight is 203 g/mol. The van der Waals surface area contributed by atoms with Gasteiger partial charge in [-0.1, -0.05) is 13.8 Å². The second kappa shape index (κ2) is 4.56. The molecule has 1 aromatic heterocycles. The Morgan fingerprint density at radius 1 is 1.31 bits per heavy atom. The summed E-state index contributed by atoms with van der Waals surface area (Å²) in [6, 6.07) is 0. The van der Waals surface area contributed by atoms with E-state index in [1.54, 1.807) is 0 Å². The molecule has 1 aromatic rings. The van der Waals surface area contributed by atoms with Crippen LogP contribution in [0.5, 0.6) is 0 Å². The number of pyridine rings is 1. The number of hydrogen-bond donors (Lipinski definition) is 0. The van der Waals surface area contributed by atoms with Crippen molar-refractivity contribution in [2.75, 3.05) is 0 Å². The second-order valence-electron chi connectivity index (χ2n) is 2.94. The first-order valence-electron chi connectivity index (χ1n) is 4.00. The molecule has 1 heterocycles. The number of thioether (sulfide) groups is 1. The largest absolute Gasteiger partial charge is 0.259 e. The molecule has 1 nitrogen and oxygen atoms in total. The van der Waals surface area contributed by atoms with Crippen LogP contribution in [0, 0.1) is 11.6 Å². The van der Waals surface area contributed by atoms with Gasteiger partial charge in [0.25, 0.3) is 0 Å². The van der Waals surface area contributed by atoms with Gasteiger partial charge in [-0.2, -0.15) is 11.8 Å². The Kier molecular flexibility index (Phi) is 3.66. The maximum atomic E-state index is 13.0. The SMILES string of the molecule is CC(C)SCc1c(F)cncc1F. The Morgan fingerprint density at radius 2 is 1.85 bits per heavy atom. The summed E-state index contributed by atoms with van der Waals surface area (Å²) in [7, 11) is 0. The van der Waals surface area contributed by atoms with Gasteiger partial charge in [0.15, 0.2) is 0 Å². The third-order valence-corrected chi connectivity index (χ3v) is 2.64. The number of hydrogen-bond acceptors (Lipinski definition) is 2. The lowest BCUT2D eigenvalue weighted by molar-refractivity contribution is 0.556. The van der Waals surface area contributed by atoms with Gasteiger partial charge in [-0.3, -0.25) is 4.98 Å². The summed E-state index contributed by atoms with van der Waals surface area (Å²) in [5, 5.41) is 0.368. The Labute approximate surface area is 80.6 Å². The minimum atomic E-state index is -0.562. The third-order valence-electron chi connectivity index (χ3n) is 1.51. The molecule has 0 fully saturated rings. The number of halogens is 2. The molecule has 0 aliphatic carbocycles. The van der Waals surface area contributed by atoms with E-state index in [9.17, 15) is 8.78 Å². The van der Waals surface area contributed by atoms with E-state index in [0.717, 1.165) is 12.4 Å². The third kappa shape index (κ3) is 2.95. The minimum Gasteiger partial charge on any atom is -0.259 e. The molecule has 72 valence electrons. The molecule has 0 atom stereocenters. The van der Waals surface area contributed by atoms with Crippen LogP contribution in [0.4, 0.5) is 8.78 Å². The zero-order valence-corrected chi connectivity index (χ0v) is 8.37. The second-order valence-corrected chi connectivity index (χ2v) is 4.51. The first kappa shape index (κ1) is 10.4. The minimum absolute atomic E-state index is 0.119. The van der Waals surface area contributed by atoms with E-state index in [4.69, 9.17) is 0 Å². The lowest BCUT2D eigenvalue weighted by Gasteiger charge is -2.06. The number of rotatable bonds is 3. The molecule has 0 radical (unpaired) electrons. The van der Waals surface area contributed by atoms with Gasteiger partial charge in [0, 0.05) is 11.3 Å². The van der Waals surface area contributed by atoms with E-state index >= 15 is 0 Å². The fourth-order valence-corrected chi connectivity index (χ4v) is 1.60. The predicted octanol–water partition coefficient (Wildman–Crippen LogP) is 3.00. The Bertz CT molecular complexity index is 269. The van der Waals surface area contributed by atoms with Gasteiger partial charge in [-0.15, -0.1) is 0 Å². The highest BCUT2D eigenvalue weighted by Crippen LogP contribution is 2.20. The normalized spacial score (nSPS) is 10.8. The van der Waals surface area contributed by atoms with E-state index in [-0.39, 0.29) is 5.56 Å². The van der Waals surface area contributed by atoms with E-state index in [2.05, 4.69) is 4.98 Å². The van der Waals surface area contributed by atoms with Crippen molar-refractivity contribution in [3.8, 4) is 0 Å². The van der Waals surface area contributed by atoms with Crippen LogP contribution < -0.4 is 0 Å². The number of aromatic nitrogens is 1. The van der Waals surface area contributed by atoms with Crippen molar-refractivity contribution < 1.29 is 8.78 Å². The highest BCUT2D eigenvalue weighted by molar-refractivity contribution is 7.99. The lowest BCUT2D eigenvalue weighted by atomic mass is 10.3. The van der Waals surface area contributed by atoms with Crippen LogP contribution in [0.1, 0.15) is 19.4 Å². The van der Waals surface area contributed by atoms with Gasteiger partial charge < -0.3 is 0 Å². The van der Waals surface area contributed by atoms with Gasteiger partial charge in [0.1, 0.15) is 11.6 Å². The Balaban J connectivity index is 2.75. The molecule has 13 heavy (non-hydrogen) atoms. The van der Waals surface area contributed by atoms with Crippen LogP contribution in [0.25, 0.3) is 0 Å². The van der Waals surface area contributed by atoms with Crippen molar-refractivity contribution >= 4 is 11.8 Å². The molecule has 0 amide bonds. The van der Waals surface area contributed by atoms with Crippen LogP contribution >= 0.6 is 11.8 Å². The topological polar surface area (TPSA) is 12.9 Å². The summed E-state index contributed by atoms with van der Waals surface area (Å²) in [6.07, 6.45) is 2.08. The van der Waals surface area contributed by atoms with Crippen molar-refractivity contribution in [3.05, 3.63) is 29.6 Å². The molecule has 0 aliphatic heterocycles. The molecule has 0 aliphatic rings. The molecule has 4 heteroatoms. The van der Waals surface area contributed by atoms with Crippen molar-refractivity contribution in [1.29, 1.82) is 0 Å². The van der Waals surface area contributed by atoms with E-state index in [1.807, 2.05) is 13.8 Å². The molecule has 0 N–H and O–H groups in total. The first-order valence-corrected chi connectivity index (χ1v) is 5.05. The summed E-state index contributed by atoms with van der Waals surface area (Å²) < 4.78 is 26.0. The zero-order chi connectivity index (χ0) is 9.84. The molecule has 0 unspecified atom stereocenters. The lowest BCUT2D eigenvalue weighted by Crippen LogP contribution is -1.97. The maximum absolute atomic E-state index is 13.0. The van der Waals surface area contributed by atoms with Crippen molar-refractivity contribution in [1.82, 2.24) is 4.98 Å². The molecular weight excluding hydrogens is 192 g/mol. The van der Waals surface area contributed by atoms with Gasteiger partial charge in [0.2, 0.25) is 0 Å². The molecular formula is C9H11F2NS. The molecule has 1 rings (SSSR count). The zero-order valence-electron chi connectivity index (χ0n) is 7.55.